The summed E-state index contributed by atoms with van der Waals surface area (Å²) >= 11 is 0. The standard InChI is InChI=1S/C27H30N4O4/c1-17(2)24(23-14-18(3)29-34-23)26(33)31-16-21(32)15-22(31)25-28-27(35-30-25,19-10-6-4-7-11-19)20-12-8-5-9-13-20/h4-14,17,21-22,24,32H,15-16H2,1-3H3,(H,28,30)/t21-,22+,24+/m1/s1. The molecule has 8 heteroatoms. The summed E-state index contributed by atoms with van der Waals surface area (Å²) < 4.78 is 5.47. The van der Waals surface area contributed by atoms with Crippen molar-refractivity contribution in [3.05, 3.63) is 89.3 Å². The minimum atomic E-state index is -1.10. The average molecular weight is 475 g/mol. The number of amidine groups is 1. The van der Waals surface area contributed by atoms with E-state index in [9.17, 15) is 9.90 Å². The van der Waals surface area contributed by atoms with E-state index in [1.807, 2.05) is 81.4 Å². The fourth-order valence-electron chi connectivity index (χ4n) is 4.99. The Morgan fingerprint density at radius 1 is 1.11 bits per heavy atom. The zero-order valence-electron chi connectivity index (χ0n) is 20.1. The smallest absolute Gasteiger partial charge is 0.238 e. The SMILES string of the molecule is Cc1cc([C@@H](C(=O)N2C[C@H](O)C[C@H]2C2=NC(c3ccccc3)(c3ccccc3)ON2)C(C)C)on1. The predicted octanol–water partition coefficient (Wildman–Crippen LogP) is 3.52. The zero-order valence-corrected chi connectivity index (χ0v) is 20.1. The highest BCUT2D eigenvalue weighted by molar-refractivity contribution is 5.94. The van der Waals surface area contributed by atoms with Gasteiger partial charge in [-0.1, -0.05) is 79.7 Å². The predicted molar refractivity (Wildman–Crippen MR) is 130 cm³/mol. The normalized spacial score (nSPS) is 22.2. The summed E-state index contributed by atoms with van der Waals surface area (Å²) in [6.45, 7) is 6.00. The fourth-order valence-corrected chi connectivity index (χ4v) is 4.99. The van der Waals surface area contributed by atoms with Crippen LogP contribution in [-0.4, -0.2) is 45.6 Å². The van der Waals surface area contributed by atoms with Gasteiger partial charge in [-0.15, -0.1) is 0 Å². The number of aromatic nitrogens is 1. The van der Waals surface area contributed by atoms with Crippen LogP contribution in [0.5, 0.6) is 0 Å². The van der Waals surface area contributed by atoms with Gasteiger partial charge in [0, 0.05) is 30.2 Å². The lowest BCUT2D eigenvalue weighted by Gasteiger charge is -2.29. The minimum Gasteiger partial charge on any atom is -0.391 e. The maximum atomic E-state index is 13.8. The fraction of sp³-hybridized carbons (Fsp3) is 0.370. The number of amides is 1. The van der Waals surface area contributed by atoms with Crippen LogP contribution in [0.1, 0.15) is 48.8 Å². The number of aliphatic imine (C=N–C) groups is 1. The summed E-state index contributed by atoms with van der Waals surface area (Å²) in [6.07, 6.45) is -0.304. The summed E-state index contributed by atoms with van der Waals surface area (Å²) in [4.78, 5) is 26.7. The van der Waals surface area contributed by atoms with Gasteiger partial charge in [0.15, 0.2) is 0 Å². The van der Waals surface area contributed by atoms with E-state index in [1.165, 1.54) is 0 Å². The molecule has 3 aromatic rings. The van der Waals surface area contributed by atoms with Crippen LogP contribution in [0.4, 0.5) is 0 Å². The molecule has 2 aromatic carbocycles. The van der Waals surface area contributed by atoms with Crippen molar-refractivity contribution in [3.8, 4) is 0 Å². The van der Waals surface area contributed by atoms with Gasteiger partial charge in [-0.2, -0.15) is 0 Å². The van der Waals surface area contributed by atoms with Crippen molar-refractivity contribution in [3.63, 3.8) is 0 Å². The second-order valence-electron chi connectivity index (χ2n) is 9.57. The topological polar surface area (TPSA) is 100 Å². The van der Waals surface area contributed by atoms with Crippen molar-refractivity contribution < 1.29 is 19.3 Å². The molecule has 3 heterocycles. The largest absolute Gasteiger partial charge is 0.391 e. The third kappa shape index (κ3) is 4.24. The lowest BCUT2D eigenvalue weighted by atomic mass is 9.91. The molecule has 0 saturated carbocycles. The van der Waals surface area contributed by atoms with Crippen molar-refractivity contribution in [1.82, 2.24) is 15.5 Å². The number of aliphatic hydroxyl groups excluding tert-OH is 1. The van der Waals surface area contributed by atoms with Crippen LogP contribution < -0.4 is 5.48 Å². The highest BCUT2D eigenvalue weighted by Gasteiger charge is 2.47. The zero-order chi connectivity index (χ0) is 24.6. The Balaban J connectivity index is 1.52. The highest BCUT2D eigenvalue weighted by Crippen LogP contribution is 2.39. The molecule has 5 rings (SSSR count). The first kappa shape index (κ1) is 23.3. The molecule has 2 N–H and O–H groups in total. The van der Waals surface area contributed by atoms with E-state index in [0.717, 1.165) is 16.8 Å². The molecule has 0 bridgehead atoms. The number of nitrogens with one attached hydrogen (secondary N) is 1. The maximum absolute atomic E-state index is 13.8. The summed E-state index contributed by atoms with van der Waals surface area (Å²) in [6, 6.07) is 20.9. The molecule has 0 unspecified atom stereocenters. The van der Waals surface area contributed by atoms with Gasteiger partial charge >= 0.3 is 0 Å². The molecule has 0 spiro atoms. The van der Waals surface area contributed by atoms with E-state index >= 15 is 0 Å². The highest BCUT2D eigenvalue weighted by atomic mass is 16.7. The van der Waals surface area contributed by atoms with Crippen molar-refractivity contribution in [2.75, 3.05) is 6.54 Å². The molecular weight excluding hydrogens is 444 g/mol. The second-order valence-corrected chi connectivity index (χ2v) is 9.57. The third-order valence-electron chi connectivity index (χ3n) is 6.67. The number of carbonyl (C=O) groups is 1. The van der Waals surface area contributed by atoms with E-state index in [4.69, 9.17) is 14.4 Å². The van der Waals surface area contributed by atoms with Gasteiger partial charge in [-0.3, -0.25) is 4.79 Å². The molecule has 1 aromatic heterocycles. The molecule has 0 radical (unpaired) electrons. The van der Waals surface area contributed by atoms with Gasteiger partial charge in [-0.25, -0.2) is 15.3 Å². The summed E-state index contributed by atoms with van der Waals surface area (Å²) in [5, 5.41) is 14.6. The Labute approximate surface area is 204 Å². The van der Waals surface area contributed by atoms with E-state index < -0.39 is 23.8 Å². The summed E-state index contributed by atoms with van der Waals surface area (Å²) in [7, 11) is 0. The molecule has 1 amide bonds. The third-order valence-corrected chi connectivity index (χ3v) is 6.67. The number of carbonyl (C=O) groups excluding carboxylic acids is 1. The molecule has 0 aliphatic carbocycles. The first-order chi connectivity index (χ1) is 16.9. The monoisotopic (exact) mass is 474 g/mol. The van der Waals surface area contributed by atoms with Crippen molar-refractivity contribution >= 4 is 11.7 Å². The lowest BCUT2D eigenvalue weighted by Crippen LogP contribution is -2.46. The lowest BCUT2D eigenvalue weighted by molar-refractivity contribution is -0.134. The van der Waals surface area contributed by atoms with Crippen LogP contribution in [0.2, 0.25) is 0 Å². The Morgan fingerprint density at radius 2 is 1.74 bits per heavy atom. The molecule has 2 aliphatic rings. The first-order valence-corrected chi connectivity index (χ1v) is 12.0. The molecular formula is C27H30N4O4. The first-order valence-electron chi connectivity index (χ1n) is 12.0. The van der Waals surface area contributed by atoms with Crippen LogP contribution in [0.3, 0.4) is 0 Å². The molecule has 182 valence electrons. The number of benzene rings is 2. The van der Waals surface area contributed by atoms with Gasteiger partial charge in [0.2, 0.25) is 11.6 Å². The Bertz CT molecular complexity index is 1170. The number of hydroxylamine groups is 1. The number of nitrogens with zero attached hydrogens (tertiary/aromatic N) is 3. The summed E-state index contributed by atoms with van der Waals surface area (Å²) in [5.41, 5.74) is 4.37. The molecule has 1 saturated heterocycles. The van der Waals surface area contributed by atoms with E-state index in [-0.39, 0.29) is 18.4 Å². The van der Waals surface area contributed by atoms with Crippen LogP contribution in [0.15, 0.2) is 76.2 Å². The molecule has 1 fully saturated rings. The van der Waals surface area contributed by atoms with E-state index in [0.29, 0.717) is 18.0 Å². The molecule has 8 nitrogen and oxygen atoms in total. The number of β-amino-alcohol motifs (C(OH)–C–C–N with tert-alkyl or cyclic N) is 1. The second kappa shape index (κ2) is 9.28. The quantitative estimate of drug-likeness (QED) is 0.567. The minimum absolute atomic E-state index is 0.0179. The van der Waals surface area contributed by atoms with E-state index in [2.05, 4.69) is 10.6 Å². The van der Waals surface area contributed by atoms with Gasteiger partial charge in [-0.05, 0) is 12.8 Å². The van der Waals surface area contributed by atoms with Gasteiger partial charge < -0.3 is 14.5 Å². The Kier molecular flexibility index (Phi) is 6.17. The number of hydrogen-bond donors (Lipinski definition) is 2. The molecule has 2 aliphatic heterocycles. The Hall–Kier alpha value is -3.49. The van der Waals surface area contributed by atoms with Crippen molar-refractivity contribution in [2.24, 2.45) is 10.9 Å². The molecule has 3 atom stereocenters. The van der Waals surface area contributed by atoms with Gasteiger partial charge in [0.1, 0.15) is 17.5 Å². The number of likely N-dealkylation sites (tertiary alicyclic amines) is 1. The number of hydrogen-bond acceptors (Lipinski definition) is 7. The van der Waals surface area contributed by atoms with Crippen LogP contribution in [0.25, 0.3) is 0 Å². The maximum Gasteiger partial charge on any atom is 0.238 e. The van der Waals surface area contributed by atoms with Gasteiger partial charge in [0.05, 0.1) is 17.8 Å². The van der Waals surface area contributed by atoms with E-state index in [1.54, 1.807) is 11.0 Å². The average Bonchev–Trinajstić information content (AvgIpc) is 3.59. The van der Waals surface area contributed by atoms with Crippen LogP contribution >= 0.6 is 0 Å². The van der Waals surface area contributed by atoms with Crippen LogP contribution in [0, 0.1) is 12.8 Å². The number of aliphatic hydroxyl groups is 1. The van der Waals surface area contributed by atoms with Crippen LogP contribution in [-0.2, 0) is 15.4 Å². The molecule has 35 heavy (non-hydrogen) atoms. The number of rotatable bonds is 6. The Morgan fingerprint density at radius 3 is 2.29 bits per heavy atom. The van der Waals surface area contributed by atoms with Crippen molar-refractivity contribution in [1.29, 1.82) is 0 Å². The summed E-state index contributed by atoms with van der Waals surface area (Å²) in [5.74, 6) is 0.386. The number of aryl methyl sites for hydroxylation is 1. The van der Waals surface area contributed by atoms with Crippen molar-refractivity contribution in [2.45, 2.75) is 51.0 Å². The van der Waals surface area contributed by atoms with Gasteiger partial charge in [0.25, 0.3) is 0 Å².